The van der Waals surface area contributed by atoms with Crippen molar-refractivity contribution in [2.75, 3.05) is 14.7 Å². The van der Waals surface area contributed by atoms with E-state index in [-0.39, 0.29) is 0 Å². The summed E-state index contributed by atoms with van der Waals surface area (Å²) in [5.41, 5.74) is 18.2. The van der Waals surface area contributed by atoms with Crippen molar-refractivity contribution in [3.63, 3.8) is 0 Å². The number of carbonyl (C=O) groups excluding carboxylic acids is 3. The number of esters is 3. The second-order valence-corrected chi connectivity index (χ2v) is 32.6. The third-order valence-corrected chi connectivity index (χ3v) is 24.9. The van der Waals surface area contributed by atoms with Gasteiger partial charge in [-0.2, -0.15) is 0 Å². The molecule has 0 saturated carbocycles. The van der Waals surface area contributed by atoms with Gasteiger partial charge in [-0.25, -0.2) is 14.4 Å². The van der Waals surface area contributed by atoms with Crippen LogP contribution in [0.4, 0.5) is 51.2 Å². The zero-order chi connectivity index (χ0) is 86.7. The van der Waals surface area contributed by atoms with Crippen LogP contribution in [-0.4, -0.2) is 17.9 Å². The summed E-state index contributed by atoms with van der Waals surface area (Å²) in [4.78, 5) is 49.3. The largest absolute Gasteiger partial charge is 0.423 e. The molecule has 9 heteroatoms. The molecule has 614 valence electrons. The van der Waals surface area contributed by atoms with Crippen LogP contribution >= 0.6 is 0 Å². The Morgan fingerprint density at radius 2 is 0.364 bits per heavy atom. The van der Waals surface area contributed by atoms with E-state index >= 15 is 0 Å². The molecule has 0 atom stereocenters. The van der Waals surface area contributed by atoms with Crippen molar-refractivity contribution in [3.05, 3.63) is 507 Å². The summed E-state index contributed by atoms with van der Waals surface area (Å²) in [7, 11) is 0. The summed E-state index contributed by atoms with van der Waals surface area (Å²) in [6.07, 6.45) is 0.567. The Hall–Kier alpha value is -17.0. The molecule has 0 aromatic heterocycles. The molecule has 21 rings (SSSR count). The van der Waals surface area contributed by atoms with E-state index in [9.17, 15) is 14.4 Å². The molecule has 0 amide bonds. The maximum Gasteiger partial charge on any atom is 0.343 e. The Labute approximate surface area is 748 Å². The molecule has 0 unspecified atom stereocenters. The lowest BCUT2D eigenvalue weighted by Gasteiger charge is -2.35. The van der Waals surface area contributed by atoms with Crippen LogP contribution in [0.3, 0.4) is 0 Å². The number of ether oxygens (including phenoxy) is 3. The highest BCUT2D eigenvalue weighted by atomic mass is 16.5. The maximum atomic E-state index is 14.2. The number of rotatable bonds is 22. The van der Waals surface area contributed by atoms with E-state index in [1.807, 2.05) is 109 Å². The fourth-order valence-corrected chi connectivity index (χ4v) is 18.1. The van der Waals surface area contributed by atoms with Crippen molar-refractivity contribution in [3.8, 4) is 50.6 Å². The Bertz CT molecular complexity index is 6800. The average molecular weight is 1660 g/mol. The van der Waals surface area contributed by atoms with E-state index in [0.29, 0.717) is 40.4 Å². The fraction of sp³-hybridized carbons (Fsp3) is 0.0250. The predicted octanol–water partition coefficient (Wildman–Crippen LogP) is 31.4. The zero-order valence-corrected chi connectivity index (χ0v) is 70.5. The van der Waals surface area contributed by atoms with Crippen LogP contribution in [0.15, 0.2) is 473 Å². The number of anilines is 9. The smallest absolute Gasteiger partial charge is 0.343 e. The first-order valence-corrected chi connectivity index (χ1v) is 43.4. The second-order valence-electron chi connectivity index (χ2n) is 32.6. The van der Waals surface area contributed by atoms with Gasteiger partial charge in [-0.3, -0.25) is 0 Å². The first-order valence-electron chi connectivity index (χ1n) is 43.4. The van der Waals surface area contributed by atoms with Crippen LogP contribution in [0.1, 0.15) is 61.1 Å². The van der Waals surface area contributed by atoms with Gasteiger partial charge in [0.2, 0.25) is 0 Å². The van der Waals surface area contributed by atoms with Crippen LogP contribution < -0.4 is 28.9 Å². The van der Waals surface area contributed by atoms with Gasteiger partial charge in [-0.1, -0.05) is 298 Å². The fourth-order valence-electron chi connectivity index (χ4n) is 18.1. The highest BCUT2D eigenvalue weighted by Crippen LogP contribution is 2.47. The molecular formula is C120H83N3O6. The van der Waals surface area contributed by atoms with Crippen LogP contribution in [0.25, 0.3) is 98.0 Å². The summed E-state index contributed by atoms with van der Waals surface area (Å²) in [5.74, 6) is -0.393. The van der Waals surface area contributed by atoms with Gasteiger partial charge < -0.3 is 28.9 Å². The molecule has 0 bridgehead atoms. The van der Waals surface area contributed by atoms with Gasteiger partial charge in [0, 0.05) is 56.6 Å². The third-order valence-electron chi connectivity index (χ3n) is 24.9. The molecule has 0 saturated heterocycles. The molecule has 0 aliphatic rings. The number of hydrogen-bond acceptors (Lipinski definition) is 9. The van der Waals surface area contributed by atoms with Crippen molar-refractivity contribution in [2.45, 2.75) is 18.8 Å². The van der Waals surface area contributed by atoms with E-state index in [4.69, 9.17) is 14.2 Å². The number of benzene rings is 21. The molecule has 0 spiro atoms. The van der Waals surface area contributed by atoms with Gasteiger partial charge in [-0.15, -0.1) is 0 Å². The normalized spacial score (nSPS) is 11.4. The third kappa shape index (κ3) is 16.1. The van der Waals surface area contributed by atoms with E-state index in [0.717, 1.165) is 134 Å². The molecule has 0 N–H and O–H groups in total. The Balaban J connectivity index is 0.526. The summed E-state index contributed by atoms with van der Waals surface area (Å²) < 4.78 is 18.5. The van der Waals surface area contributed by atoms with Gasteiger partial charge in [-0.05, 0) is 303 Å². The summed E-state index contributed by atoms with van der Waals surface area (Å²) in [5, 5.41) is 14.0. The van der Waals surface area contributed by atoms with Crippen molar-refractivity contribution < 1.29 is 28.6 Å². The SMILES string of the molecule is CCC(c1ccc(OC(=O)c2ccc(-c3ccc(N(c4ccc5ccccc5c4)c4ccc5ccccc5c4)cc3)cc2)cc1)(c1ccc(OC(=O)c2ccc(-c3ccc(N(c4ccc5ccccc5c4)c4ccc5ccccc5c4)cc3)cc2)cc1)c1ccc(OC(=O)c2ccc(-c3ccc(N(c4ccc5ccccc5c4)c4ccc5ccccc5c4)cc3)cc2)cc1. The monoisotopic (exact) mass is 1660 g/mol. The lowest BCUT2D eigenvalue weighted by Crippen LogP contribution is -2.28. The van der Waals surface area contributed by atoms with Crippen LogP contribution in [0, 0.1) is 0 Å². The molecule has 0 aliphatic carbocycles. The molecule has 129 heavy (non-hydrogen) atoms. The first-order chi connectivity index (χ1) is 63.5. The summed E-state index contributed by atoms with van der Waals surface area (Å²) in [6, 6.07) is 161. The topological polar surface area (TPSA) is 88.6 Å². The average Bonchev–Trinajstić information content (AvgIpc) is 0.737. The minimum atomic E-state index is -0.828. The molecule has 9 nitrogen and oxygen atoms in total. The molecule has 0 fully saturated rings. The van der Waals surface area contributed by atoms with Gasteiger partial charge in [0.15, 0.2) is 0 Å². The second kappa shape index (κ2) is 34.6. The number of hydrogen-bond donors (Lipinski definition) is 0. The molecule has 0 aliphatic heterocycles. The molecule has 21 aromatic carbocycles. The van der Waals surface area contributed by atoms with Crippen LogP contribution in [0.2, 0.25) is 0 Å². The Kier molecular flexibility index (Phi) is 21.2. The Morgan fingerprint density at radius 3 is 0.550 bits per heavy atom. The number of nitrogens with zero attached hydrogens (tertiary/aromatic N) is 3. The highest BCUT2D eigenvalue weighted by molar-refractivity contribution is 5.99. The van der Waals surface area contributed by atoms with Crippen molar-refractivity contribution in [2.24, 2.45) is 0 Å². The summed E-state index contributed by atoms with van der Waals surface area (Å²) in [6.45, 7) is 2.12. The minimum absolute atomic E-state index is 0.367. The quantitative estimate of drug-likeness (QED) is 0.0374. The van der Waals surface area contributed by atoms with Gasteiger partial charge in [0.05, 0.1) is 16.7 Å². The lowest BCUT2D eigenvalue weighted by atomic mass is 9.67. The molecule has 21 aromatic rings. The Morgan fingerprint density at radius 1 is 0.194 bits per heavy atom. The van der Waals surface area contributed by atoms with E-state index in [1.165, 1.54) is 32.3 Å². The lowest BCUT2D eigenvalue weighted by molar-refractivity contribution is 0.0725. The van der Waals surface area contributed by atoms with E-state index in [2.05, 4.69) is 349 Å². The molecular weight excluding hydrogens is 1580 g/mol. The maximum absolute atomic E-state index is 14.2. The highest BCUT2D eigenvalue weighted by Gasteiger charge is 2.36. The summed E-state index contributed by atoms with van der Waals surface area (Å²) >= 11 is 0. The molecule has 0 radical (unpaired) electrons. The van der Waals surface area contributed by atoms with Crippen LogP contribution in [-0.2, 0) is 5.41 Å². The first kappa shape index (κ1) is 79.2. The van der Waals surface area contributed by atoms with Gasteiger partial charge >= 0.3 is 17.9 Å². The number of fused-ring (bicyclic) bond motifs is 6. The number of carbonyl (C=O) groups is 3. The van der Waals surface area contributed by atoms with Crippen LogP contribution in [0.5, 0.6) is 17.2 Å². The predicted molar refractivity (Wildman–Crippen MR) is 529 cm³/mol. The van der Waals surface area contributed by atoms with Crippen molar-refractivity contribution >= 4 is 134 Å². The van der Waals surface area contributed by atoms with E-state index < -0.39 is 23.3 Å². The van der Waals surface area contributed by atoms with Crippen molar-refractivity contribution in [1.29, 1.82) is 0 Å². The van der Waals surface area contributed by atoms with Crippen molar-refractivity contribution in [1.82, 2.24) is 0 Å². The van der Waals surface area contributed by atoms with Gasteiger partial charge in [0.1, 0.15) is 17.2 Å². The zero-order valence-electron chi connectivity index (χ0n) is 70.5. The molecule has 0 heterocycles. The minimum Gasteiger partial charge on any atom is -0.423 e. The standard InChI is InChI=1S/C120H83N3O6/c1-2-120(102-51-69-114(70-52-102)127-117(124)93-33-27-87(28-34-93)90-39-57-105(58-40-90)121(108-63-45-81-15-3-9-21-96(81)75-108)109-64-46-82-16-4-10-22-97(82)76-109,103-53-71-115(72-54-103)128-118(125)94-35-29-88(30-36-94)91-41-59-106(60-42-91)122(110-65-47-83-17-5-11-23-98(83)77-110)111-66-48-84-18-6-12-24-99(84)78-111)104-55-73-116(74-56-104)129-119(126)95-37-31-89(32-38-95)92-43-61-107(62-44-92)123(112-67-49-85-19-7-13-25-100(85)79-112)113-68-50-86-20-8-14-26-101(86)80-113/h3-80H,2H2,1H3. The van der Waals surface area contributed by atoms with E-state index in [1.54, 1.807) is 36.4 Å². The van der Waals surface area contributed by atoms with Gasteiger partial charge in [0.25, 0.3) is 0 Å².